The van der Waals surface area contributed by atoms with Crippen molar-refractivity contribution in [2.24, 2.45) is 5.92 Å². The molecule has 0 saturated carbocycles. The largest absolute Gasteiger partial charge is 0.294 e. The highest BCUT2D eigenvalue weighted by molar-refractivity contribution is 7.76. The van der Waals surface area contributed by atoms with E-state index >= 15 is 0 Å². The van der Waals surface area contributed by atoms with E-state index < -0.39 is 11.3 Å². The van der Waals surface area contributed by atoms with Gasteiger partial charge >= 0.3 is 0 Å². The number of hydrogen-bond donors (Lipinski definition) is 1. The van der Waals surface area contributed by atoms with E-state index in [1.54, 1.807) is 7.05 Å². The monoisotopic (exact) mass is 179 g/mol. The van der Waals surface area contributed by atoms with E-state index in [9.17, 15) is 4.21 Å². The summed E-state index contributed by atoms with van der Waals surface area (Å²) >= 11 is -1.83. The van der Waals surface area contributed by atoms with E-state index in [1.165, 1.54) is 4.31 Å². The van der Waals surface area contributed by atoms with Crippen molar-refractivity contribution in [3.8, 4) is 0 Å². The van der Waals surface area contributed by atoms with Gasteiger partial charge in [0.05, 0.1) is 0 Å². The summed E-state index contributed by atoms with van der Waals surface area (Å²) in [6.45, 7) is 6.13. The second kappa shape index (κ2) is 4.85. The Morgan fingerprint density at radius 2 is 2.00 bits per heavy atom. The number of rotatable bonds is 4. The van der Waals surface area contributed by atoms with Crippen molar-refractivity contribution in [1.82, 2.24) is 4.31 Å². The van der Waals surface area contributed by atoms with E-state index in [4.69, 9.17) is 4.55 Å². The minimum atomic E-state index is -1.83. The Morgan fingerprint density at radius 3 is 2.09 bits per heavy atom. The molecular weight excluding hydrogens is 162 g/mol. The van der Waals surface area contributed by atoms with E-state index in [2.05, 4.69) is 13.8 Å². The van der Waals surface area contributed by atoms with Gasteiger partial charge in [0.1, 0.15) is 0 Å². The van der Waals surface area contributed by atoms with Gasteiger partial charge in [0, 0.05) is 13.1 Å². The van der Waals surface area contributed by atoms with Crippen LogP contribution in [0, 0.1) is 5.92 Å². The summed E-state index contributed by atoms with van der Waals surface area (Å²) < 4.78 is 20.9. The summed E-state index contributed by atoms with van der Waals surface area (Å²) in [5.41, 5.74) is 0. The Morgan fingerprint density at radius 1 is 1.55 bits per heavy atom. The third kappa shape index (κ3) is 3.31. The van der Waals surface area contributed by atoms with Crippen LogP contribution in [0.1, 0.15) is 27.2 Å². The molecule has 4 heteroatoms. The quantitative estimate of drug-likeness (QED) is 0.664. The molecule has 0 aromatic rings. The molecule has 0 amide bonds. The molecule has 0 bridgehead atoms. The van der Waals surface area contributed by atoms with Crippen LogP contribution in [0.5, 0.6) is 0 Å². The SMILES string of the molecule is CCC(C(C)C)N(C)S(=O)O. The number of nitrogens with zero attached hydrogens (tertiary/aromatic N) is 1. The molecule has 2 atom stereocenters. The lowest BCUT2D eigenvalue weighted by molar-refractivity contribution is 0.281. The van der Waals surface area contributed by atoms with Gasteiger partial charge in [0.25, 0.3) is 0 Å². The summed E-state index contributed by atoms with van der Waals surface area (Å²) in [5.74, 6) is 0.418. The minimum Gasteiger partial charge on any atom is -0.294 e. The molecule has 0 saturated heterocycles. The molecule has 0 heterocycles. The molecule has 0 aliphatic heterocycles. The zero-order chi connectivity index (χ0) is 9.02. The number of hydrogen-bond acceptors (Lipinski definition) is 1. The normalized spacial score (nSPS) is 17.4. The summed E-state index contributed by atoms with van der Waals surface area (Å²) in [4.78, 5) is 0. The second-order valence-corrected chi connectivity index (χ2v) is 4.03. The third-order valence-corrected chi connectivity index (χ3v) is 2.66. The predicted octanol–water partition coefficient (Wildman–Crippen LogP) is 1.49. The Bertz CT molecular complexity index is 138. The molecule has 0 aromatic carbocycles. The molecule has 1 N–H and O–H groups in total. The maximum atomic E-state index is 10.6. The Labute approximate surface area is 71.2 Å². The van der Waals surface area contributed by atoms with Crippen molar-refractivity contribution >= 4 is 11.3 Å². The van der Waals surface area contributed by atoms with Gasteiger partial charge in [-0.15, -0.1) is 0 Å². The molecule has 0 aliphatic carbocycles. The average molecular weight is 179 g/mol. The van der Waals surface area contributed by atoms with Crippen molar-refractivity contribution in [3.05, 3.63) is 0 Å². The first-order chi connectivity index (χ1) is 5.00. The molecule has 2 unspecified atom stereocenters. The van der Waals surface area contributed by atoms with Crippen molar-refractivity contribution in [2.45, 2.75) is 33.2 Å². The van der Waals surface area contributed by atoms with Crippen LogP contribution in [0.2, 0.25) is 0 Å². The first-order valence-electron chi connectivity index (χ1n) is 3.84. The van der Waals surface area contributed by atoms with E-state index in [0.29, 0.717) is 5.92 Å². The summed E-state index contributed by atoms with van der Waals surface area (Å²) in [6.07, 6.45) is 0.903. The highest BCUT2D eigenvalue weighted by Crippen LogP contribution is 2.13. The highest BCUT2D eigenvalue weighted by atomic mass is 32.2. The molecule has 68 valence electrons. The molecule has 11 heavy (non-hydrogen) atoms. The fourth-order valence-electron chi connectivity index (χ4n) is 1.26. The van der Waals surface area contributed by atoms with Gasteiger partial charge in [0.15, 0.2) is 0 Å². The van der Waals surface area contributed by atoms with Crippen LogP contribution in [0.4, 0.5) is 0 Å². The lowest BCUT2D eigenvalue weighted by Crippen LogP contribution is -2.36. The second-order valence-electron chi connectivity index (χ2n) is 3.00. The summed E-state index contributed by atoms with van der Waals surface area (Å²) in [5, 5.41) is 0. The van der Waals surface area contributed by atoms with Crippen molar-refractivity contribution < 1.29 is 8.76 Å². The maximum Gasteiger partial charge on any atom is 0.234 e. The van der Waals surface area contributed by atoms with E-state index in [0.717, 1.165) is 6.42 Å². The third-order valence-electron chi connectivity index (χ3n) is 1.90. The van der Waals surface area contributed by atoms with Crippen molar-refractivity contribution in [3.63, 3.8) is 0 Å². The van der Waals surface area contributed by atoms with Crippen LogP contribution < -0.4 is 0 Å². The highest BCUT2D eigenvalue weighted by Gasteiger charge is 2.19. The molecular formula is C7H17NO2S. The van der Waals surface area contributed by atoms with Gasteiger partial charge in [-0.2, -0.15) is 0 Å². The average Bonchev–Trinajstić information content (AvgIpc) is 1.88. The predicted molar refractivity (Wildman–Crippen MR) is 47.5 cm³/mol. The van der Waals surface area contributed by atoms with Crippen molar-refractivity contribution in [1.29, 1.82) is 0 Å². The molecule has 0 spiro atoms. The molecule has 0 aliphatic rings. The van der Waals surface area contributed by atoms with Crippen LogP contribution in [0.3, 0.4) is 0 Å². The standard InChI is InChI=1S/C7H17NO2S/c1-5-7(6(2)3)8(4)11(9)10/h6-7H,5H2,1-4H3,(H,9,10). The molecule has 0 radical (unpaired) electrons. The van der Waals surface area contributed by atoms with Gasteiger partial charge in [-0.05, 0) is 12.3 Å². The van der Waals surface area contributed by atoms with Crippen LogP contribution in [-0.2, 0) is 11.3 Å². The maximum absolute atomic E-state index is 10.6. The molecule has 0 fully saturated rings. The van der Waals surface area contributed by atoms with Crippen LogP contribution in [0.25, 0.3) is 0 Å². The van der Waals surface area contributed by atoms with Gasteiger partial charge in [-0.3, -0.25) is 4.55 Å². The first-order valence-corrected chi connectivity index (χ1v) is 4.90. The lowest BCUT2D eigenvalue weighted by Gasteiger charge is -2.26. The van der Waals surface area contributed by atoms with E-state index in [1.807, 2.05) is 6.92 Å². The molecule has 0 aromatic heterocycles. The van der Waals surface area contributed by atoms with Gasteiger partial charge in [-0.25, -0.2) is 8.51 Å². The lowest BCUT2D eigenvalue weighted by atomic mass is 10.0. The molecule has 0 rings (SSSR count). The Hall–Kier alpha value is 0.0700. The zero-order valence-corrected chi connectivity index (χ0v) is 8.39. The van der Waals surface area contributed by atoms with Gasteiger partial charge in [0.2, 0.25) is 11.3 Å². The fourth-order valence-corrected chi connectivity index (χ4v) is 1.89. The zero-order valence-electron chi connectivity index (χ0n) is 7.57. The molecule has 3 nitrogen and oxygen atoms in total. The van der Waals surface area contributed by atoms with E-state index in [-0.39, 0.29) is 6.04 Å². The van der Waals surface area contributed by atoms with Gasteiger partial charge in [-0.1, -0.05) is 20.8 Å². The fraction of sp³-hybridized carbons (Fsp3) is 1.00. The Kier molecular flexibility index (Phi) is 4.88. The summed E-state index contributed by atoms with van der Waals surface area (Å²) in [7, 11) is 1.67. The first kappa shape index (κ1) is 11.1. The van der Waals surface area contributed by atoms with Crippen LogP contribution in [-0.4, -0.2) is 26.2 Å². The van der Waals surface area contributed by atoms with Crippen LogP contribution in [0.15, 0.2) is 0 Å². The smallest absolute Gasteiger partial charge is 0.234 e. The van der Waals surface area contributed by atoms with Crippen LogP contribution >= 0.6 is 0 Å². The summed E-state index contributed by atoms with van der Waals surface area (Å²) in [6, 6.07) is 0.195. The van der Waals surface area contributed by atoms with Crippen molar-refractivity contribution in [2.75, 3.05) is 7.05 Å². The van der Waals surface area contributed by atoms with Gasteiger partial charge < -0.3 is 0 Å². The Balaban J connectivity index is 4.13. The topological polar surface area (TPSA) is 40.5 Å². The minimum absolute atomic E-state index is 0.195.